The Bertz CT molecular complexity index is 592. The summed E-state index contributed by atoms with van der Waals surface area (Å²) in [6, 6.07) is 14.7. The van der Waals surface area contributed by atoms with E-state index in [1.165, 1.54) is 0 Å². The number of hydrogen-bond donors (Lipinski definition) is 0. The molecule has 0 amide bonds. The summed E-state index contributed by atoms with van der Waals surface area (Å²) in [5.41, 5.74) is 3.54. The quantitative estimate of drug-likeness (QED) is 0.618. The summed E-state index contributed by atoms with van der Waals surface area (Å²) in [5, 5.41) is 0. The maximum atomic E-state index is 12.0. The first kappa shape index (κ1) is 13.2. The highest BCUT2D eigenvalue weighted by atomic mass is 16.2. The van der Waals surface area contributed by atoms with Crippen LogP contribution in [0.25, 0.3) is 0 Å². The maximum absolute atomic E-state index is 12.0. The van der Waals surface area contributed by atoms with Crippen molar-refractivity contribution >= 4 is 11.6 Å². The van der Waals surface area contributed by atoms with Gasteiger partial charge in [0.25, 0.3) is 0 Å². The lowest BCUT2D eigenvalue weighted by atomic mass is 10.0. The Hall–Kier alpha value is -2.22. The molecule has 0 N–H and O–H groups in total. The van der Waals surface area contributed by atoms with Gasteiger partial charge in [-0.3, -0.25) is 9.59 Å². The predicted molar refractivity (Wildman–Crippen MR) is 75.4 cm³/mol. The molecule has 0 aromatic heterocycles. The molecule has 0 saturated heterocycles. The molecule has 0 fully saturated rings. The molecule has 2 aromatic rings. The maximum Gasteiger partial charge on any atom is 0.228 e. The van der Waals surface area contributed by atoms with Gasteiger partial charge in [-0.1, -0.05) is 59.7 Å². The highest BCUT2D eigenvalue weighted by Gasteiger charge is 2.16. The number of benzene rings is 2. The first-order valence-corrected chi connectivity index (χ1v) is 6.26. The van der Waals surface area contributed by atoms with Crippen molar-refractivity contribution in [1.82, 2.24) is 0 Å². The van der Waals surface area contributed by atoms with Gasteiger partial charge in [-0.15, -0.1) is 0 Å². The van der Waals surface area contributed by atoms with Gasteiger partial charge >= 0.3 is 0 Å². The summed E-state index contributed by atoms with van der Waals surface area (Å²) in [4.78, 5) is 23.9. The predicted octanol–water partition coefficient (Wildman–Crippen LogP) is 3.30. The highest BCUT2D eigenvalue weighted by molar-refractivity contribution is 6.44. The van der Waals surface area contributed by atoms with Crippen molar-refractivity contribution in [2.45, 2.75) is 20.3 Å². The van der Waals surface area contributed by atoms with Gasteiger partial charge in [-0.2, -0.15) is 0 Å². The average molecular weight is 252 g/mol. The smallest absolute Gasteiger partial charge is 0.228 e. The second kappa shape index (κ2) is 5.61. The van der Waals surface area contributed by atoms with Gasteiger partial charge in [0.05, 0.1) is 0 Å². The Morgan fingerprint density at radius 1 is 0.789 bits per heavy atom. The molecular formula is C17H16O2. The third kappa shape index (κ3) is 3.38. The zero-order chi connectivity index (χ0) is 13.8. The molecule has 2 rings (SSSR count). The Balaban J connectivity index is 2.09. The lowest BCUT2D eigenvalue weighted by Crippen LogP contribution is -2.16. The van der Waals surface area contributed by atoms with E-state index >= 15 is 0 Å². The molecule has 19 heavy (non-hydrogen) atoms. The molecule has 0 saturated carbocycles. The van der Waals surface area contributed by atoms with Crippen LogP contribution in [0.5, 0.6) is 0 Å². The molecule has 0 aliphatic rings. The first-order chi connectivity index (χ1) is 9.06. The number of hydrogen-bond acceptors (Lipinski definition) is 2. The van der Waals surface area contributed by atoms with E-state index in [9.17, 15) is 9.59 Å². The van der Waals surface area contributed by atoms with Crippen LogP contribution in [0.2, 0.25) is 0 Å². The van der Waals surface area contributed by atoms with Crippen LogP contribution in [0.1, 0.15) is 27.0 Å². The van der Waals surface area contributed by atoms with E-state index in [1.807, 2.05) is 50.2 Å². The van der Waals surface area contributed by atoms with Crippen molar-refractivity contribution in [2.75, 3.05) is 0 Å². The third-order valence-corrected chi connectivity index (χ3v) is 3.05. The fourth-order valence-electron chi connectivity index (χ4n) is 1.84. The van der Waals surface area contributed by atoms with E-state index < -0.39 is 5.78 Å². The largest absolute Gasteiger partial charge is 0.290 e. The molecule has 0 heterocycles. The Morgan fingerprint density at radius 3 is 1.79 bits per heavy atom. The lowest BCUT2D eigenvalue weighted by molar-refractivity contribution is -0.114. The summed E-state index contributed by atoms with van der Waals surface area (Å²) < 4.78 is 0. The lowest BCUT2D eigenvalue weighted by Gasteiger charge is -2.02. The minimum Gasteiger partial charge on any atom is -0.290 e. The SMILES string of the molecule is Cc1ccc(CC(=O)C(=O)c2ccc(C)cc2)cc1. The average Bonchev–Trinajstić information content (AvgIpc) is 2.41. The van der Waals surface area contributed by atoms with Gasteiger partial charge < -0.3 is 0 Å². The molecule has 2 heteroatoms. The van der Waals surface area contributed by atoms with Crippen molar-refractivity contribution in [1.29, 1.82) is 0 Å². The fraction of sp³-hybridized carbons (Fsp3) is 0.176. The summed E-state index contributed by atoms with van der Waals surface area (Å²) in [6.45, 7) is 3.94. The van der Waals surface area contributed by atoms with Crippen LogP contribution in [-0.2, 0) is 11.2 Å². The monoisotopic (exact) mass is 252 g/mol. The van der Waals surface area contributed by atoms with Gasteiger partial charge in [0.15, 0.2) is 0 Å². The molecule has 0 atom stereocenters. The highest BCUT2D eigenvalue weighted by Crippen LogP contribution is 2.09. The van der Waals surface area contributed by atoms with Crippen LogP contribution in [0, 0.1) is 13.8 Å². The summed E-state index contributed by atoms with van der Waals surface area (Å²) in [7, 11) is 0. The van der Waals surface area contributed by atoms with Crippen molar-refractivity contribution in [2.24, 2.45) is 0 Å². The zero-order valence-electron chi connectivity index (χ0n) is 11.1. The molecule has 0 unspecified atom stereocenters. The van der Waals surface area contributed by atoms with E-state index in [4.69, 9.17) is 0 Å². The van der Waals surface area contributed by atoms with Crippen LogP contribution in [0.3, 0.4) is 0 Å². The van der Waals surface area contributed by atoms with Crippen molar-refractivity contribution in [3.63, 3.8) is 0 Å². The minimum atomic E-state index is -0.416. The van der Waals surface area contributed by atoms with Crippen LogP contribution < -0.4 is 0 Å². The number of carbonyl (C=O) groups excluding carboxylic acids is 2. The summed E-state index contributed by atoms with van der Waals surface area (Å²) in [5.74, 6) is -0.784. The first-order valence-electron chi connectivity index (χ1n) is 6.26. The molecule has 0 aliphatic carbocycles. The van der Waals surface area contributed by atoms with Crippen LogP contribution in [-0.4, -0.2) is 11.6 Å². The van der Waals surface area contributed by atoms with Gasteiger partial charge in [0.2, 0.25) is 11.6 Å². The molecule has 96 valence electrons. The van der Waals surface area contributed by atoms with Crippen molar-refractivity contribution in [3.8, 4) is 0 Å². The number of carbonyl (C=O) groups is 2. The Labute approximate surface area is 113 Å². The Morgan fingerprint density at radius 2 is 1.26 bits per heavy atom. The van der Waals surface area contributed by atoms with Crippen LogP contribution >= 0.6 is 0 Å². The van der Waals surface area contributed by atoms with Crippen molar-refractivity contribution < 1.29 is 9.59 Å². The number of ketones is 2. The normalized spacial score (nSPS) is 10.2. The van der Waals surface area contributed by atoms with E-state index in [1.54, 1.807) is 12.1 Å². The second-order valence-corrected chi connectivity index (χ2v) is 4.78. The van der Waals surface area contributed by atoms with Crippen LogP contribution in [0.15, 0.2) is 48.5 Å². The Kier molecular flexibility index (Phi) is 3.91. The molecular weight excluding hydrogens is 236 g/mol. The summed E-state index contributed by atoms with van der Waals surface area (Å²) in [6.07, 6.45) is 0.160. The van der Waals surface area contributed by atoms with Gasteiger partial charge in [-0.05, 0) is 19.4 Å². The summed E-state index contributed by atoms with van der Waals surface area (Å²) >= 11 is 0. The molecule has 0 bridgehead atoms. The van der Waals surface area contributed by atoms with Crippen LogP contribution in [0.4, 0.5) is 0 Å². The minimum absolute atomic E-state index is 0.160. The molecule has 0 radical (unpaired) electrons. The molecule has 2 nitrogen and oxygen atoms in total. The topological polar surface area (TPSA) is 34.1 Å². The zero-order valence-corrected chi connectivity index (χ0v) is 11.1. The second-order valence-electron chi connectivity index (χ2n) is 4.78. The number of Topliss-reactive ketones (excluding diaryl/α,β-unsaturated/α-hetero) is 2. The number of aryl methyl sites for hydroxylation is 2. The van der Waals surface area contributed by atoms with E-state index in [0.717, 1.165) is 16.7 Å². The van der Waals surface area contributed by atoms with Gasteiger partial charge in [0, 0.05) is 12.0 Å². The molecule has 2 aromatic carbocycles. The van der Waals surface area contributed by atoms with E-state index in [-0.39, 0.29) is 12.2 Å². The molecule has 0 spiro atoms. The standard InChI is InChI=1S/C17H16O2/c1-12-3-7-14(8-4-12)11-16(18)17(19)15-9-5-13(2)6-10-15/h3-10H,11H2,1-2H3. The van der Waals surface area contributed by atoms with Gasteiger partial charge in [0.1, 0.15) is 0 Å². The van der Waals surface area contributed by atoms with E-state index in [0.29, 0.717) is 5.56 Å². The molecule has 0 aliphatic heterocycles. The number of rotatable bonds is 4. The third-order valence-electron chi connectivity index (χ3n) is 3.05. The van der Waals surface area contributed by atoms with Crippen molar-refractivity contribution in [3.05, 3.63) is 70.8 Å². The van der Waals surface area contributed by atoms with E-state index in [2.05, 4.69) is 0 Å². The van der Waals surface area contributed by atoms with Gasteiger partial charge in [-0.25, -0.2) is 0 Å². The fourth-order valence-corrected chi connectivity index (χ4v) is 1.84.